The molecular formula is C23H29N4O4S2+. The first kappa shape index (κ1) is 23.6. The van der Waals surface area contributed by atoms with Gasteiger partial charge < -0.3 is 16.0 Å². The molecule has 0 bridgehead atoms. The number of hydrogen-bond donors (Lipinski definition) is 4. The van der Waals surface area contributed by atoms with Crippen molar-refractivity contribution in [2.75, 3.05) is 23.7 Å². The fourth-order valence-corrected chi connectivity index (χ4v) is 5.22. The van der Waals surface area contributed by atoms with Crippen LogP contribution < -0.4 is 20.1 Å². The van der Waals surface area contributed by atoms with E-state index < -0.39 is 10.5 Å². The minimum atomic E-state index is -3.73. The molecule has 1 fully saturated rings. The summed E-state index contributed by atoms with van der Waals surface area (Å²) < 4.78 is 29.6. The first-order valence-corrected chi connectivity index (χ1v) is 13.3. The summed E-state index contributed by atoms with van der Waals surface area (Å²) in [6.45, 7) is 5.75. The summed E-state index contributed by atoms with van der Waals surface area (Å²) in [5, 5.41) is 9.98. The summed E-state index contributed by atoms with van der Waals surface area (Å²) in [5.41, 5.74) is 1.56. The summed E-state index contributed by atoms with van der Waals surface area (Å²) in [6, 6.07) is 12.1. The van der Waals surface area contributed by atoms with Crippen molar-refractivity contribution in [2.45, 2.75) is 44.0 Å². The number of anilines is 2. The number of nitrogens with zero attached hydrogens (tertiary/aromatic N) is 1. The van der Waals surface area contributed by atoms with Crippen LogP contribution >= 0.6 is 11.3 Å². The highest BCUT2D eigenvalue weighted by atomic mass is 32.3. The topological polar surface area (TPSA) is 113 Å². The van der Waals surface area contributed by atoms with Gasteiger partial charge in [-0.1, -0.05) is 31.6 Å². The van der Waals surface area contributed by atoms with Crippen molar-refractivity contribution in [3.8, 4) is 5.75 Å². The molecule has 33 heavy (non-hydrogen) atoms. The average molecular weight is 490 g/mol. The second-order valence-corrected chi connectivity index (χ2v) is 11.0. The van der Waals surface area contributed by atoms with E-state index in [0.717, 1.165) is 42.7 Å². The van der Waals surface area contributed by atoms with Crippen molar-refractivity contribution in [3.63, 3.8) is 0 Å². The van der Waals surface area contributed by atoms with E-state index in [9.17, 15) is 13.6 Å². The predicted molar refractivity (Wildman–Crippen MR) is 133 cm³/mol. The van der Waals surface area contributed by atoms with Gasteiger partial charge in [-0.15, -0.1) is 4.55 Å². The van der Waals surface area contributed by atoms with Crippen LogP contribution in [0.3, 0.4) is 0 Å². The van der Waals surface area contributed by atoms with Crippen LogP contribution in [0.1, 0.15) is 33.1 Å². The van der Waals surface area contributed by atoms with Crippen LogP contribution in [0.5, 0.6) is 5.75 Å². The molecule has 0 aliphatic heterocycles. The van der Waals surface area contributed by atoms with Gasteiger partial charge in [-0.3, -0.25) is 4.79 Å². The Morgan fingerprint density at radius 2 is 1.97 bits per heavy atom. The highest BCUT2D eigenvalue weighted by Crippen LogP contribution is 2.33. The van der Waals surface area contributed by atoms with Crippen molar-refractivity contribution in [1.29, 1.82) is 0 Å². The first-order chi connectivity index (χ1) is 15.8. The van der Waals surface area contributed by atoms with Gasteiger partial charge in [-0.25, -0.2) is 9.17 Å². The van der Waals surface area contributed by atoms with E-state index in [1.807, 2.05) is 0 Å². The second kappa shape index (κ2) is 10.2. The molecule has 8 nitrogen and oxygen atoms in total. The largest absolute Gasteiger partial charge is 0.429 e. The Balaban J connectivity index is 1.38. The lowest BCUT2D eigenvalue weighted by molar-refractivity contribution is -0.122. The fraction of sp³-hybridized carbons (Fsp3) is 0.391. The summed E-state index contributed by atoms with van der Waals surface area (Å²) in [7, 11) is -3.73. The van der Waals surface area contributed by atoms with E-state index in [1.165, 1.54) is 11.3 Å². The van der Waals surface area contributed by atoms with E-state index >= 15 is 0 Å². The maximum Gasteiger partial charge on any atom is 0.429 e. The molecular weight excluding hydrogens is 460 g/mol. The molecule has 4 N–H and O–H groups in total. The molecule has 4 rings (SSSR count). The number of thiazole rings is 1. The zero-order valence-corrected chi connectivity index (χ0v) is 20.3. The summed E-state index contributed by atoms with van der Waals surface area (Å²) in [5.74, 6) is 0.343. The van der Waals surface area contributed by atoms with Crippen molar-refractivity contribution in [2.24, 2.45) is 5.92 Å². The molecule has 2 aromatic carbocycles. The molecule has 1 amide bonds. The van der Waals surface area contributed by atoms with Crippen molar-refractivity contribution < 1.29 is 17.7 Å². The van der Waals surface area contributed by atoms with E-state index in [0.29, 0.717) is 16.7 Å². The van der Waals surface area contributed by atoms with E-state index in [4.69, 9.17) is 4.18 Å². The lowest BCUT2D eigenvalue weighted by Crippen LogP contribution is -2.28. The van der Waals surface area contributed by atoms with Gasteiger partial charge in [0.15, 0.2) is 10.9 Å². The van der Waals surface area contributed by atoms with Crippen LogP contribution in [0, 0.1) is 5.92 Å². The van der Waals surface area contributed by atoms with Gasteiger partial charge in [0, 0.05) is 48.9 Å². The van der Waals surface area contributed by atoms with Crippen molar-refractivity contribution >= 4 is 48.8 Å². The number of rotatable bonds is 10. The molecule has 1 aromatic heterocycles. The van der Waals surface area contributed by atoms with Gasteiger partial charge in [-0.05, 0) is 41.3 Å². The molecule has 1 unspecified atom stereocenters. The van der Waals surface area contributed by atoms with Gasteiger partial charge in [-0.2, -0.15) is 0 Å². The van der Waals surface area contributed by atoms with Gasteiger partial charge in [0.05, 0.1) is 10.2 Å². The third-order valence-corrected chi connectivity index (χ3v) is 7.65. The number of carbonyl (C=O) groups excluding carboxylic acids is 1. The van der Waals surface area contributed by atoms with Crippen LogP contribution in [-0.2, 0) is 19.5 Å². The smallest absolute Gasteiger partial charge is 0.384 e. The Morgan fingerprint density at radius 3 is 2.64 bits per heavy atom. The Morgan fingerprint density at radius 1 is 1.21 bits per heavy atom. The van der Waals surface area contributed by atoms with Gasteiger partial charge >= 0.3 is 10.5 Å². The number of amides is 1. The number of fused-ring (bicyclic) bond motifs is 1. The van der Waals surface area contributed by atoms with Gasteiger partial charge in [0.25, 0.3) is 0 Å². The number of hydrogen-bond acceptors (Lipinski definition) is 7. The summed E-state index contributed by atoms with van der Waals surface area (Å²) in [6.07, 6.45) is 2.94. The second-order valence-electron chi connectivity index (χ2n) is 8.38. The van der Waals surface area contributed by atoms with Gasteiger partial charge in [0.1, 0.15) is 0 Å². The molecule has 3 aromatic rings. The lowest BCUT2D eigenvalue weighted by atomic mass is 9.85. The van der Waals surface area contributed by atoms with Gasteiger partial charge in [0.2, 0.25) is 10.8 Å². The molecule has 1 aliphatic carbocycles. The molecule has 1 atom stereocenters. The van der Waals surface area contributed by atoms with Crippen LogP contribution in [0.15, 0.2) is 47.4 Å². The summed E-state index contributed by atoms with van der Waals surface area (Å²) in [4.78, 5) is 16.8. The first-order valence-electron chi connectivity index (χ1n) is 11.0. The third-order valence-electron chi connectivity index (χ3n) is 5.43. The molecule has 0 spiro atoms. The molecule has 1 saturated carbocycles. The monoisotopic (exact) mass is 489 g/mol. The average Bonchev–Trinajstić information content (AvgIpc) is 3.11. The standard InChI is InChI=1S/C23H28N4O4S2/c1-15(2)24-12-13-25-17-6-9-19(10-7-17)33(29,30)31-18-8-11-20-21(14-18)32-23(26-20)27-22(28)16-4-3-5-16/h6-11,14-16,24H,3-5,12-13H2,1-2H3,(H2-,25,26,27,28,29,30)/p+1. The Kier molecular flexibility index (Phi) is 7.28. The Labute approximate surface area is 198 Å². The molecule has 176 valence electrons. The van der Waals surface area contributed by atoms with E-state index in [2.05, 4.69) is 34.8 Å². The number of nitrogens with one attached hydrogen (secondary N) is 3. The number of benzene rings is 2. The van der Waals surface area contributed by atoms with Crippen LogP contribution in [0.25, 0.3) is 10.2 Å². The van der Waals surface area contributed by atoms with Crippen LogP contribution in [-0.4, -0.2) is 34.6 Å². The maximum atomic E-state index is 12.8. The minimum absolute atomic E-state index is 0.00396. The highest BCUT2D eigenvalue weighted by molar-refractivity contribution is 7.93. The van der Waals surface area contributed by atoms with E-state index in [-0.39, 0.29) is 22.5 Å². The minimum Gasteiger partial charge on any atom is -0.384 e. The van der Waals surface area contributed by atoms with E-state index in [1.54, 1.807) is 42.5 Å². The molecule has 0 radical (unpaired) electrons. The maximum absolute atomic E-state index is 12.8. The number of aromatic nitrogens is 1. The predicted octanol–water partition coefficient (Wildman–Crippen LogP) is 4.77. The Bertz CT molecular complexity index is 1160. The molecule has 0 saturated heterocycles. The lowest BCUT2D eigenvalue weighted by Gasteiger charge is -2.23. The number of carbonyl (C=O) groups is 1. The van der Waals surface area contributed by atoms with Crippen LogP contribution in [0.2, 0.25) is 0 Å². The zero-order chi connectivity index (χ0) is 23.4. The molecule has 1 aliphatic rings. The van der Waals surface area contributed by atoms with Crippen molar-refractivity contribution in [1.82, 2.24) is 10.3 Å². The Hall–Kier alpha value is -2.53. The fourth-order valence-electron chi connectivity index (χ4n) is 3.38. The van der Waals surface area contributed by atoms with Crippen LogP contribution in [0.4, 0.5) is 10.8 Å². The van der Waals surface area contributed by atoms with Crippen molar-refractivity contribution in [3.05, 3.63) is 42.5 Å². The quantitative estimate of drug-likeness (QED) is 0.240. The summed E-state index contributed by atoms with van der Waals surface area (Å²) >= 11 is 1.32. The normalized spacial score (nSPS) is 15.8. The third kappa shape index (κ3) is 6.08. The molecule has 1 heterocycles. The zero-order valence-electron chi connectivity index (χ0n) is 18.7. The highest BCUT2D eigenvalue weighted by Gasteiger charge is 2.33. The molecule has 10 heteroatoms. The SMILES string of the molecule is CC(C)NCCNc1ccc([S+](=O)(O)Oc2ccc3nc(NC(=O)C4CCC4)sc3c2)cc1.